The van der Waals surface area contributed by atoms with Gasteiger partial charge in [0, 0.05) is 11.6 Å². The molecule has 0 N–H and O–H groups in total. The first-order valence-electron chi connectivity index (χ1n) is 8.89. The number of hydrogen-bond acceptors (Lipinski definition) is 5. The van der Waals surface area contributed by atoms with Gasteiger partial charge in [0.25, 0.3) is 0 Å². The molecule has 2 aromatic rings. The Labute approximate surface area is 158 Å². The molecule has 3 rings (SSSR count). The van der Waals surface area contributed by atoms with E-state index in [0.717, 1.165) is 11.1 Å². The summed E-state index contributed by atoms with van der Waals surface area (Å²) in [7, 11) is 0. The number of halogens is 1. The minimum absolute atomic E-state index is 0.587. The zero-order valence-electron chi connectivity index (χ0n) is 16.2. The van der Waals surface area contributed by atoms with Crippen LogP contribution in [-0.4, -0.2) is 40.2 Å². The number of rotatable bonds is 3. The summed E-state index contributed by atoms with van der Waals surface area (Å²) in [5.74, 6) is 0.645. The molecule has 1 aliphatic heterocycles. The first-order valence-corrected chi connectivity index (χ1v) is 8.89. The van der Waals surface area contributed by atoms with Crippen LogP contribution in [0.5, 0.6) is 0 Å². The number of nitrogens with zero attached hydrogens (tertiary/aromatic N) is 2. The van der Waals surface area contributed by atoms with Crippen molar-refractivity contribution in [1.29, 1.82) is 0 Å². The average Bonchev–Trinajstić information content (AvgIpc) is 3.18. The molecule has 0 spiro atoms. The Morgan fingerprint density at radius 1 is 1.26 bits per heavy atom. The lowest BCUT2D eigenvalue weighted by Gasteiger charge is -2.34. The Morgan fingerprint density at radius 2 is 1.93 bits per heavy atom. The highest BCUT2D eigenvalue weighted by molar-refractivity contribution is 5.70. The van der Waals surface area contributed by atoms with Crippen LogP contribution < -0.4 is 0 Å². The maximum atomic E-state index is 14.0. The smallest absolute Gasteiger partial charge is 0.413 e. The van der Waals surface area contributed by atoms with E-state index in [2.05, 4.69) is 5.16 Å². The molecule has 1 fully saturated rings. The predicted octanol–water partition coefficient (Wildman–Crippen LogP) is 4.72. The lowest BCUT2D eigenvalue weighted by molar-refractivity contribution is -0.0797. The van der Waals surface area contributed by atoms with E-state index >= 15 is 0 Å². The van der Waals surface area contributed by atoms with Gasteiger partial charge in [0.1, 0.15) is 24.1 Å². The van der Waals surface area contributed by atoms with Gasteiger partial charge in [0.2, 0.25) is 0 Å². The van der Waals surface area contributed by atoms with E-state index in [-0.39, 0.29) is 0 Å². The summed E-state index contributed by atoms with van der Waals surface area (Å²) in [5.41, 5.74) is -0.0348. The fraction of sp³-hybridized carbons (Fsp3) is 0.500. The van der Waals surface area contributed by atoms with E-state index in [1.807, 2.05) is 24.3 Å². The summed E-state index contributed by atoms with van der Waals surface area (Å²) in [6.07, 6.45) is 0.390. The number of carbonyl (C=O) groups excluding carboxylic acids is 1. The molecular formula is C20H25FN2O4. The van der Waals surface area contributed by atoms with Gasteiger partial charge in [0.15, 0.2) is 5.76 Å². The molecule has 27 heavy (non-hydrogen) atoms. The fourth-order valence-corrected chi connectivity index (χ4v) is 3.29. The fourth-order valence-electron chi connectivity index (χ4n) is 3.29. The van der Waals surface area contributed by atoms with Crippen molar-refractivity contribution < 1.29 is 23.2 Å². The second-order valence-corrected chi connectivity index (χ2v) is 8.06. The van der Waals surface area contributed by atoms with Gasteiger partial charge in [-0.2, -0.15) is 0 Å². The summed E-state index contributed by atoms with van der Waals surface area (Å²) >= 11 is 0. The second kappa shape index (κ2) is 6.96. The van der Waals surface area contributed by atoms with Crippen LogP contribution in [0.1, 0.15) is 46.3 Å². The first-order chi connectivity index (χ1) is 12.6. The van der Waals surface area contributed by atoms with Gasteiger partial charge < -0.3 is 14.0 Å². The zero-order chi connectivity index (χ0) is 19.8. The number of alkyl halides is 1. The van der Waals surface area contributed by atoms with Crippen molar-refractivity contribution in [3.8, 4) is 11.3 Å². The molecule has 1 aromatic heterocycles. The van der Waals surface area contributed by atoms with Crippen LogP contribution in [0.2, 0.25) is 0 Å². The summed E-state index contributed by atoms with van der Waals surface area (Å²) in [5, 5.41) is 3.69. The molecule has 146 valence electrons. The Balaban J connectivity index is 1.87. The van der Waals surface area contributed by atoms with Crippen molar-refractivity contribution in [2.75, 3.05) is 6.67 Å². The maximum Gasteiger partial charge on any atom is 0.413 e. The molecule has 1 aromatic carbocycles. The van der Waals surface area contributed by atoms with Crippen molar-refractivity contribution in [3.05, 3.63) is 42.1 Å². The molecular weight excluding hydrogens is 351 g/mol. The SMILES string of the molecule is CC(C)(C)OC(=O)N1[C@H](CF)[C@@H](c2ccc(-c3ccno3)cc2)OC1(C)C. The van der Waals surface area contributed by atoms with Gasteiger partial charge in [-0.3, -0.25) is 4.90 Å². The minimum atomic E-state index is -0.993. The molecule has 0 radical (unpaired) electrons. The number of benzene rings is 1. The van der Waals surface area contributed by atoms with Crippen LogP contribution in [0.4, 0.5) is 9.18 Å². The highest BCUT2D eigenvalue weighted by Crippen LogP contribution is 2.42. The third-order valence-electron chi connectivity index (χ3n) is 4.39. The summed E-state index contributed by atoms with van der Waals surface area (Å²) in [6, 6.07) is 8.40. The lowest BCUT2D eigenvalue weighted by atomic mass is 10.0. The van der Waals surface area contributed by atoms with Crippen molar-refractivity contribution in [2.45, 2.75) is 58.1 Å². The van der Waals surface area contributed by atoms with Crippen molar-refractivity contribution >= 4 is 6.09 Å². The molecule has 0 unspecified atom stereocenters. The molecule has 1 saturated heterocycles. The standard InChI is InChI=1S/C20H25FN2O4/c1-19(2,3)26-18(24)23-15(12-21)17(25-20(23,4)5)14-8-6-13(7-9-14)16-10-11-22-27-16/h6-11,15,17H,12H2,1-5H3/t15-,17-/m1/s1. The molecule has 2 heterocycles. The third-order valence-corrected chi connectivity index (χ3v) is 4.39. The third kappa shape index (κ3) is 3.98. The van der Waals surface area contributed by atoms with Crippen molar-refractivity contribution in [2.24, 2.45) is 0 Å². The van der Waals surface area contributed by atoms with Crippen molar-refractivity contribution in [3.63, 3.8) is 0 Å². The average molecular weight is 376 g/mol. The minimum Gasteiger partial charge on any atom is -0.444 e. The van der Waals surface area contributed by atoms with E-state index in [1.54, 1.807) is 46.9 Å². The predicted molar refractivity (Wildman–Crippen MR) is 97.7 cm³/mol. The van der Waals surface area contributed by atoms with Crippen molar-refractivity contribution in [1.82, 2.24) is 10.1 Å². The summed E-state index contributed by atoms with van der Waals surface area (Å²) in [4.78, 5) is 14.0. The van der Waals surface area contributed by atoms with Crippen LogP contribution >= 0.6 is 0 Å². The first kappa shape index (κ1) is 19.4. The number of carbonyl (C=O) groups is 1. The normalized spacial score (nSPS) is 22.1. The summed E-state index contributed by atoms with van der Waals surface area (Å²) < 4.78 is 30.6. The molecule has 2 atom stereocenters. The molecule has 6 nitrogen and oxygen atoms in total. The van der Waals surface area contributed by atoms with Crippen LogP contribution in [0.25, 0.3) is 11.3 Å². The van der Waals surface area contributed by atoms with Gasteiger partial charge in [-0.25, -0.2) is 9.18 Å². The van der Waals surface area contributed by atoms with Gasteiger partial charge in [-0.15, -0.1) is 0 Å². The quantitative estimate of drug-likeness (QED) is 0.775. The molecule has 1 amide bonds. The van der Waals surface area contributed by atoms with Gasteiger partial charge in [0.05, 0.1) is 12.2 Å². The second-order valence-electron chi connectivity index (χ2n) is 8.06. The number of amides is 1. The van der Waals surface area contributed by atoms with Gasteiger partial charge >= 0.3 is 6.09 Å². The maximum absolute atomic E-state index is 14.0. The van der Waals surface area contributed by atoms with Crippen LogP contribution in [0.15, 0.2) is 41.1 Å². The van der Waals surface area contributed by atoms with E-state index in [4.69, 9.17) is 14.0 Å². The number of aromatic nitrogens is 1. The van der Waals surface area contributed by atoms with Crippen LogP contribution in [0, 0.1) is 0 Å². The van der Waals surface area contributed by atoms with E-state index in [1.165, 1.54) is 4.90 Å². The van der Waals surface area contributed by atoms with Crippen LogP contribution in [0.3, 0.4) is 0 Å². The van der Waals surface area contributed by atoms with E-state index < -0.39 is 36.2 Å². The van der Waals surface area contributed by atoms with Crippen LogP contribution in [-0.2, 0) is 9.47 Å². The Hall–Kier alpha value is -2.41. The molecule has 0 aliphatic carbocycles. The highest BCUT2D eigenvalue weighted by atomic mass is 19.1. The number of hydrogen-bond donors (Lipinski definition) is 0. The lowest BCUT2D eigenvalue weighted by Crippen LogP contribution is -2.50. The molecule has 1 aliphatic rings. The zero-order valence-corrected chi connectivity index (χ0v) is 16.2. The Bertz CT molecular complexity index is 781. The van der Waals surface area contributed by atoms with E-state index in [9.17, 15) is 9.18 Å². The van der Waals surface area contributed by atoms with E-state index in [0.29, 0.717) is 5.76 Å². The molecule has 0 saturated carbocycles. The monoisotopic (exact) mass is 376 g/mol. The molecule has 0 bridgehead atoms. The highest BCUT2D eigenvalue weighted by Gasteiger charge is 2.51. The van der Waals surface area contributed by atoms with Gasteiger partial charge in [-0.05, 0) is 40.2 Å². The molecule has 7 heteroatoms. The largest absolute Gasteiger partial charge is 0.444 e. The van der Waals surface area contributed by atoms with Gasteiger partial charge in [-0.1, -0.05) is 29.4 Å². The Morgan fingerprint density at radius 3 is 2.44 bits per heavy atom. The number of ether oxygens (including phenoxy) is 2. The topological polar surface area (TPSA) is 64.8 Å². The summed E-state index contributed by atoms with van der Waals surface area (Å²) in [6.45, 7) is 8.07. The Kier molecular flexibility index (Phi) is 4.99.